The lowest BCUT2D eigenvalue weighted by atomic mass is 9.94. The number of nitriles is 1. The predicted molar refractivity (Wildman–Crippen MR) is 111 cm³/mol. The van der Waals surface area contributed by atoms with Crippen molar-refractivity contribution in [2.24, 2.45) is 5.92 Å². The lowest BCUT2D eigenvalue weighted by Gasteiger charge is -2.27. The molecule has 1 aromatic carbocycles. The Morgan fingerprint density at radius 3 is 2.84 bits per heavy atom. The quantitative estimate of drug-likeness (QED) is 0.598. The second kappa shape index (κ2) is 7.32. The van der Waals surface area contributed by atoms with Crippen molar-refractivity contribution in [1.29, 1.82) is 5.26 Å². The minimum atomic E-state index is -0.675. The van der Waals surface area contributed by atoms with Crippen LogP contribution in [-0.4, -0.2) is 57.3 Å². The zero-order valence-corrected chi connectivity index (χ0v) is 16.9. The molecule has 1 unspecified atom stereocenters. The summed E-state index contributed by atoms with van der Waals surface area (Å²) in [5.41, 5.74) is 2.39. The molecular weight excluding hydrogens is 399 g/mol. The van der Waals surface area contributed by atoms with Crippen LogP contribution in [-0.2, 0) is 4.79 Å². The van der Waals surface area contributed by atoms with E-state index < -0.39 is 5.82 Å². The van der Waals surface area contributed by atoms with Gasteiger partial charge in [-0.15, -0.1) is 0 Å². The maximum Gasteiger partial charge on any atom is 0.226 e. The molecule has 2 aromatic heterocycles. The Kier molecular flexibility index (Phi) is 4.59. The summed E-state index contributed by atoms with van der Waals surface area (Å²) in [6, 6.07) is 5.96. The van der Waals surface area contributed by atoms with Crippen molar-refractivity contribution in [2.75, 3.05) is 26.2 Å². The Bertz CT molecular complexity index is 1240. The fourth-order valence-corrected chi connectivity index (χ4v) is 4.52. The molecule has 5 rings (SSSR count). The number of H-pyrrole nitrogens is 1. The van der Waals surface area contributed by atoms with Gasteiger partial charge in [0, 0.05) is 54.8 Å². The molecule has 1 amide bonds. The van der Waals surface area contributed by atoms with E-state index in [9.17, 15) is 19.6 Å². The average molecular weight is 420 g/mol. The number of aromatic hydroxyl groups is 1. The molecule has 0 bridgehead atoms. The predicted octanol–water partition coefficient (Wildman–Crippen LogP) is 2.18. The topological polar surface area (TPSA) is 118 Å². The van der Waals surface area contributed by atoms with Gasteiger partial charge < -0.3 is 15.3 Å². The number of aryl methyl sites for hydroxylation is 1. The van der Waals surface area contributed by atoms with Gasteiger partial charge in [0.2, 0.25) is 5.91 Å². The van der Waals surface area contributed by atoms with Crippen molar-refractivity contribution in [1.82, 2.24) is 25.4 Å². The first kappa shape index (κ1) is 19.5. The van der Waals surface area contributed by atoms with E-state index in [0.29, 0.717) is 30.7 Å². The number of aromatic nitrogens is 3. The van der Waals surface area contributed by atoms with Crippen LogP contribution in [0.1, 0.15) is 29.2 Å². The van der Waals surface area contributed by atoms with Gasteiger partial charge >= 0.3 is 0 Å². The van der Waals surface area contributed by atoms with Crippen LogP contribution in [0.4, 0.5) is 4.39 Å². The van der Waals surface area contributed by atoms with E-state index in [4.69, 9.17) is 0 Å². The number of carbonyl (C=O) groups excluding carboxylic acids is 1. The summed E-state index contributed by atoms with van der Waals surface area (Å²) in [6.07, 6.45) is 0.638. The molecule has 3 aromatic rings. The summed E-state index contributed by atoms with van der Waals surface area (Å²) in [7, 11) is 0. The van der Waals surface area contributed by atoms with Gasteiger partial charge in [-0.2, -0.15) is 10.4 Å². The molecule has 0 spiro atoms. The Hall–Kier alpha value is -3.51. The number of amides is 1. The van der Waals surface area contributed by atoms with Gasteiger partial charge in [0.15, 0.2) is 5.65 Å². The van der Waals surface area contributed by atoms with Crippen LogP contribution in [0.25, 0.3) is 22.3 Å². The number of benzene rings is 1. The van der Waals surface area contributed by atoms with Crippen LogP contribution < -0.4 is 5.32 Å². The number of hydrogen-bond acceptors (Lipinski definition) is 6. The number of hydrogen-bond donors (Lipinski definition) is 3. The normalized spacial score (nSPS) is 20.6. The number of phenolic OH excluding ortho intramolecular Hbond substituents is 1. The molecule has 2 aliphatic rings. The molecule has 1 saturated carbocycles. The Morgan fingerprint density at radius 2 is 2.13 bits per heavy atom. The molecular formula is C22H21FN6O2. The third-order valence-corrected chi connectivity index (χ3v) is 6.15. The number of nitrogens with one attached hydrogen (secondary N) is 2. The van der Waals surface area contributed by atoms with Gasteiger partial charge in [-0.1, -0.05) is 0 Å². The first-order chi connectivity index (χ1) is 15.0. The Labute approximate surface area is 177 Å². The zero-order valence-electron chi connectivity index (χ0n) is 16.9. The number of piperazine rings is 1. The molecule has 2 atom stereocenters. The number of halogens is 1. The highest BCUT2D eigenvalue weighted by Crippen LogP contribution is 2.53. The third-order valence-electron chi connectivity index (χ3n) is 6.15. The molecule has 0 radical (unpaired) electrons. The van der Waals surface area contributed by atoms with E-state index in [1.807, 2.05) is 11.8 Å². The maximum atomic E-state index is 14.6. The molecule has 158 valence electrons. The van der Waals surface area contributed by atoms with Crippen molar-refractivity contribution in [3.8, 4) is 23.1 Å². The van der Waals surface area contributed by atoms with E-state index in [1.165, 1.54) is 12.1 Å². The summed E-state index contributed by atoms with van der Waals surface area (Å²) < 4.78 is 14.6. The van der Waals surface area contributed by atoms with E-state index in [0.717, 1.165) is 30.2 Å². The summed E-state index contributed by atoms with van der Waals surface area (Å²) in [5, 5.41) is 30.7. The third kappa shape index (κ3) is 3.20. The minimum Gasteiger partial charge on any atom is -0.508 e. The standard InChI is InChI=1S/C22H21FN6O2/c1-11-18-19(14-9-15(14)22(31)29-6-4-25-5-7-29)16(10-24)20(26-21(18)28-27-11)13-3-2-12(30)8-17(13)23/h2-3,8,14-15,25,30H,4-7,9H2,1H3,(H,26,27,28)/t14?,15-/m0/s1. The molecule has 8 nitrogen and oxygen atoms in total. The van der Waals surface area contributed by atoms with Crippen molar-refractivity contribution < 1.29 is 14.3 Å². The fraction of sp³-hybridized carbons (Fsp3) is 0.364. The summed E-state index contributed by atoms with van der Waals surface area (Å²) in [4.78, 5) is 19.4. The molecule has 1 saturated heterocycles. The second-order valence-electron chi connectivity index (χ2n) is 8.10. The number of pyridine rings is 1. The minimum absolute atomic E-state index is 0.0962. The molecule has 3 N–H and O–H groups in total. The number of aromatic amines is 1. The maximum absolute atomic E-state index is 14.6. The average Bonchev–Trinajstić information content (AvgIpc) is 3.48. The zero-order chi connectivity index (χ0) is 21.7. The summed E-state index contributed by atoms with van der Waals surface area (Å²) in [5.74, 6) is -1.13. The lowest BCUT2D eigenvalue weighted by Crippen LogP contribution is -2.47. The van der Waals surface area contributed by atoms with Gasteiger partial charge in [0.1, 0.15) is 17.6 Å². The van der Waals surface area contributed by atoms with Crippen molar-refractivity contribution in [3.05, 3.63) is 40.8 Å². The Morgan fingerprint density at radius 1 is 1.35 bits per heavy atom. The molecule has 31 heavy (non-hydrogen) atoms. The second-order valence-corrected chi connectivity index (χ2v) is 8.10. The van der Waals surface area contributed by atoms with Crippen molar-refractivity contribution >= 4 is 16.9 Å². The fourth-order valence-electron chi connectivity index (χ4n) is 4.52. The van der Waals surface area contributed by atoms with Crippen LogP contribution in [0.15, 0.2) is 18.2 Å². The van der Waals surface area contributed by atoms with Crippen molar-refractivity contribution in [3.63, 3.8) is 0 Å². The van der Waals surface area contributed by atoms with E-state index in [1.54, 1.807) is 0 Å². The van der Waals surface area contributed by atoms with Crippen LogP contribution in [0.3, 0.4) is 0 Å². The van der Waals surface area contributed by atoms with E-state index >= 15 is 0 Å². The number of phenols is 1. The molecule has 9 heteroatoms. The SMILES string of the molecule is Cc1[nH]nc2nc(-c3ccc(O)cc3F)c(C#N)c(C3C[C@@H]3C(=O)N3CCNCC3)c12. The molecule has 3 heterocycles. The first-order valence-corrected chi connectivity index (χ1v) is 10.3. The van der Waals surface area contributed by atoms with Gasteiger partial charge in [-0.3, -0.25) is 9.89 Å². The van der Waals surface area contributed by atoms with Crippen molar-refractivity contribution in [2.45, 2.75) is 19.3 Å². The van der Waals surface area contributed by atoms with Gasteiger partial charge in [-0.25, -0.2) is 9.37 Å². The largest absolute Gasteiger partial charge is 0.508 e. The highest BCUT2D eigenvalue weighted by molar-refractivity contribution is 5.92. The molecule has 2 fully saturated rings. The van der Waals surface area contributed by atoms with E-state index in [-0.39, 0.29) is 40.3 Å². The molecule has 1 aliphatic carbocycles. The number of carbonyl (C=O) groups is 1. The highest BCUT2D eigenvalue weighted by Gasteiger charge is 2.48. The van der Waals surface area contributed by atoms with Crippen LogP contribution >= 0.6 is 0 Å². The van der Waals surface area contributed by atoms with Crippen LogP contribution in [0.5, 0.6) is 5.75 Å². The van der Waals surface area contributed by atoms with Crippen LogP contribution in [0, 0.1) is 30.0 Å². The monoisotopic (exact) mass is 420 g/mol. The summed E-state index contributed by atoms with van der Waals surface area (Å²) >= 11 is 0. The van der Waals surface area contributed by atoms with Gasteiger partial charge in [0.05, 0.1) is 11.3 Å². The number of nitrogens with zero attached hydrogens (tertiary/aromatic N) is 4. The first-order valence-electron chi connectivity index (χ1n) is 10.3. The number of fused-ring (bicyclic) bond motifs is 1. The number of rotatable bonds is 3. The lowest BCUT2D eigenvalue weighted by molar-refractivity contribution is -0.133. The molecule has 1 aliphatic heterocycles. The smallest absolute Gasteiger partial charge is 0.226 e. The highest BCUT2D eigenvalue weighted by atomic mass is 19.1. The van der Waals surface area contributed by atoms with E-state index in [2.05, 4.69) is 26.6 Å². The van der Waals surface area contributed by atoms with Crippen LogP contribution in [0.2, 0.25) is 0 Å². The summed E-state index contributed by atoms with van der Waals surface area (Å²) in [6.45, 7) is 4.74. The Balaban J connectivity index is 1.63. The van der Waals surface area contributed by atoms with Gasteiger partial charge in [-0.05, 0) is 37.0 Å². The van der Waals surface area contributed by atoms with Gasteiger partial charge in [0.25, 0.3) is 0 Å².